The van der Waals surface area contributed by atoms with Gasteiger partial charge in [-0.2, -0.15) is 5.11 Å². The Labute approximate surface area is 144 Å². The largest absolute Gasteiger partial charge is 0.397 e. The molecule has 3 aromatic carbocycles. The molecule has 124 valence electrons. The van der Waals surface area contributed by atoms with Crippen molar-refractivity contribution in [3.05, 3.63) is 94.0 Å². The molecule has 3 aromatic rings. The molecule has 2 N–H and O–H groups in total. The molecule has 0 bridgehead atoms. The molecular formula is C19H16N4O2. The first-order valence-corrected chi connectivity index (χ1v) is 7.71. The summed E-state index contributed by atoms with van der Waals surface area (Å²) in [7, 11) is 0. The zero-order valence-electron chi connectivity index (χ0n) is 13.4. The normalized spacial score (nSPS) is 10.9. The first kappa shape index (κ1) is 16.3. The highest BCUT2D eigenvalue weighted by Crippen LogP contribution is 2.29. The average Bonchev–Trinajstić information content (AvgIpc) is 2.63. The molecule has 0 aliphatic heterocycles. The third-order valence-electron chi connectivity index (χ3n) is 3.74. The Bertz CT molecular complexity index is 906. The molecule has 0 aliphatic carbocycles. The van der Waals surface area contributed by atoms with Crippen LogP contribution in [0.4, 0.5) is 22.7 Å². The van der Waals surface area contributed by atoms with Gasteiger partial charge in [-0.05, 0) is 35.7 Å². The van der Waals surface area contributed by atoms with E-state index in [0.717, 1.165) is 5.56 Å². The molecule has 0 aromatic heterocycles. The lowest BCUT2D eigenvalue weighted by Crippen LogP contribution is -1.95. The van der Waals surface area contributed by atoms with Crippen LogP contribution in [0.3, 0.4) is 0 Å². The molecule has 25 heavy (non-hydrogen) atoms. The van der Waals surface area contributed by atoms with Crippen LogP contribution in [0.2, 0.25) is 0 Å². The van der Waals surface area contributed by atoms with Crippen molar-refractivity contribution in [2.75, 3.05) is 5.73 Å². The van der Waals surface area contributed by atoms with Gasteiger partial charge in [0.05, 0.1) is 16.3 Å². The Morgan fingerprint density at radius 1 is 0.880 bits per heavy atom. The van der Waals surface area contributed by atoms with Gasteiger partial charge in [-0.25, -0.2) is 0 Å². The highest BCUT2D eigenvalue weighted by atomic mass is 16.6. The highest BCUT2D eigenvalue weighted by Gasteiger charge is 2.06. The molecule has 0 atom stereocenters. The second-order valence-electron chi connectivity index (χ2n) is 5.49. The number of anilines is 1. The fraction of sp³-hybridized carbons (Fsp3) is 0.0526. The summed E-state index contributed by atoms with van der Waals surface area (Å²) in [6, 6.07) is 21.6. The number of nitro groups is 1. The van der Waals surface area contributed by atoms with Gasteiger partial charge in [0.1, 0.15) is 5.69 Å². The molecule has 0 saturated carbocycles. The maximum Gasteiger partial charge on any atom is 0.269 e. The van der Waals surface area contributed by atoms with E-state index >= 15 is 0 Å². The minimum atomic E-state index is -0.452. The molecule has 0 fully saturated rings. The number of nitrogens with two attached hydrogens (primary N) is 1. The van der Waals surface area contributed by atoms with E-state index in [9.17, 15) is 10.1 Å². The molecule has 6 nitrogen and oxygen atoms in total. The fourth-order valence-electron chi connectivity index (χ4n) is 2.41. The Balaban J connectivity index is 1.80. The first-order chi connectivity index (χ1) is 12.1. The molecule has 3 rings (SSSR count). The van der Waals surface area contributed by atoms with Gasteiger partial charge in [0.25, 0.3) is 5.69 Å². The molecule has 0 unspecified atom stereocenters. The van der Waals surface area contributed by atoms with Crippen molar-refractivity contribution in [2.45, 2.75) is 6.42 Å². The lowest BCUT2D eigenvalue weighted by molar-refractivity contribution is -0.384. The monoisotopic (exact) mass is 332 g/mol. The quantitative estimate of drug-likeness (QED) is 0.302. The maximum atomic E-state index is 10.7. The van der Waals surface area contributed by atoms with E-state index < -0.39 is 4.92 Å². The summed E-state index contributed by atoms with van der Waals surface area (Å²) in [4.78, 5) is 10.2. The number of nitrogen functional groups attached to an aromatic ring is 1. The Hall–Kier alpha value is -3.54. The number of para-hydroxylation sites is 1. The summed E-state index contributed by atoms with van der Waals surface area (Å²) in [5.74, 6) is 0. The summed E-state index contributed by atoms with van der Waals surface area (Å²) in [5, 5.41) is 18.9. The van der Waals surface area contributed by atoms with Crippen LogP contribution in [-0.2, 0) is 6.42 Å². The molecule has 0 saturated heterocycles. The van der Waals surface area contributed by atoms with Gasteiger partial charge in [0, 0.05) is 12.1 Å². The van der Waals surface area contributed by atoms with Gasteiger partial charge in [-0.1, -0.05) is 42.5 Å². The SMILES string of the molecule is Nc1c(Cc2ccccc2)cccc1N=Nc1ccc([N+](=O)[O-])cc1. The third kappa shape index (κ3) is 4.06. The van der Waals surface area contributed by atoms with E-state index in [0.29, 0.717) is 23.5 Å². The molecular weight excluding hydrogens is 316 g/mol. The smallest absolute Gasteiger partial charge is 0.269 e. The molecule has 0 spiro atoms. The van der Waals surface area contributed by atoms with Gasteiger partial charge in [0.2, 0.25) is 0 Å². The lowest BCUT2D eigenvalue weighted by Gasteiger charge is -2.07. The number of rotatable bonds is 5. The molecule has 6 heteroatoms. The van der Waals surface area contributed by atoms with Gasteiger partial charge in [-0.3, -0.25) is 10.1 Å². The minimum Gasteiger partial charge on any atom is -0.397 e. The number of non-ortho nitro benzene ring substituents is 1. The van der Waals surface area contributed by atoms with E-state index in [1.165, 1.54) is 17.7 Å². The molecule has 0 radical (unpaired) electrons. The van der Waals surface area contributed by atoms with Crippen LogP contribution in [0.15, 0.2) is 83.0 Å². The van der Waals surface area contributed by atoms with Crippen molar-refractivity contribution >= 4 is 22.7 Å². The zero-order chi connectivity index (χ0) is 17.6. The van der Waals surface area contributed by atoms with Gasteiger partial charge < -0.3 is 5.73 Å². The average molecular weight is 332 g/mol. The zero-order valence-corrected chi connectivity index (χ0v) is 13.4. The third-order valence-corrected chi connectivity index (χ3v) is 3.74. The van der Waals surface area contributed by atoms with Gasteiger partial charge >= 0.3 is 0 Å². The number of hydrogen-bond donors (Lipinski definition) is 1. The summed E-state index contributed by atoms with van der Waals surface area (Å²) in [6.45, 7) is 0. The van der Waals surface area contributed by atoms with Crippen LogP contribution in [0.25, 0.3) is 0 Å². The second kappa shape index (κ2) is 7.35. The molecule has 0 heterocycles. The van der Waals surface area contributed by atoms with E-state index in [1.807, 2.05) is 42.5 Å². The van der Waals surface area contributed by atoms with Crippen LogP contribution in [-0.4, -0.2) is 4.92 Å². The van der Waals surface area contributed by atoms with E-state index in [-0.39, 0.29) is 5.69 Å². The topological polar surface area (TPSA) is 93.9 Å². The van der Waals surface area contributed by atoms with Crippen LogP contribution in [0.1, 0.15) is 11.1 Å². The fourth-order valence-corrected chi connectivity index (χ4v) is 2.41. The summed E-state index contributed by atoms with van der Waals surface area (Å²) >= 11 is 0. The number of benzene rings is 3. The number of hydrogen-bond acceptors (Lipinski definition) is 5. The maximum absolute atomic E-state index is 10.7. The van der Waals surface area contributed by atoms with Crippen LogP contribution >= 0.6 is 0 Å². The van der Waals surface area contributed by atoms with E-state index in [4.69, 9.17) is 5.73 Å². The predicted octanol–water partition coefficient (Wildman–Crippen LogP) is 5.18. The molecule has 0 aliphatic rings. The Morgan fingerprint density at radius 2 is 1.60 bits per heavy atom. The Kier molecular flexibility index (Phi) is 4.80. The standard InChI is InChI=1S/C19H16N4O2/c20-19-15(13-14-5-2-1-3-6-14)7-4-8-18(19)22-21-16-9-11-17(12-10-16)23(24)25/h1-12H,13,20H2. The van der Waals surface area contributed by atoms with Crippen molar-refractivity contribution in [2.24, 2.45) is 10.2 Å². The Morgan fingerprint density at radius 3 is 2.28 bits per heavy atom. The summed E-state index contributed by atoms with van der Waals surface area (Å²) in [6.07, 6.45) is 0.716. The van der Waals surface area contributed by atoms with Crippen LogP contribution in [0, 0.1) is 10.1 Å². The van der Waals surface area contributed by atoms with Crippen molar-refractivity contribution in [3.8, 4) is 0 Å². The number of nitro benzene ring substituents is 1. The molecule has 0 amide bonds. The van der Waals surface area contributed by atoms with Crippen molar-refractivity contribution < 1.29 is 4.92 Å². The predicted molar refractivity (Wildman–Crippen MR) is 97.4 cm³/mol. The summed E-state index contributed by atoms with van der Waals surface area (Å²) < 4.78 is 0. The summed E-state index contributed by atoms with van der Waals surface area (Å²) in [5.41, 5.74) is 10.1. The van der Waals surface area contributed by atoms with Crippen molar-refractivity contribution in [1.29, 1.82) is 0 Å². The highest BCUT2D eigenvalue weighted by molar-refractivity contribution is 5.67. The van der Waals surface area contributed by atoms with E-state index in [1.54, 1.807) is 18.2 Å². The second-order valence-corrected chi connectivity index (χ2v) is 5.49. The van der Waals surface area contributed by atoms with Crippen LogP contribution < -0.4 is 5.73 Å². The van der Waals surface area contributed by atoms with E-state index in [2.05, 4.69) is 10.2 Å². The first-order valence-electron chi connectivity index (χ1n) is 7.71. The van der Waals surface area contributed by atoms with Crippen LogP contribution in [0.5, 0.6) is 0 Å². The minimum absolute atomic E-state index is 0.0170. The van der Waals surface area contributed by atoms with Gasteiger partial charge in [0.15, 0.2) is 0 Å². The van der Waals surface area contributed by atoms with Crippen molar-refractivity contribution in [1.82, 2.24) is 0 Å². The van der Waals surface area contributed by atoms with Gasteiger partial charge in [-0.15, -0.1) is 5.11 Å². The lowest BCUT2D eigenvalue weighted by atomic mass is 10.0. The number of nitrogens with zero attached hydrogens (tertiary/aromatic N) is 3. The number of azo groups is 1. The van der Waals surface area contributed by atoms with Crippen molar-refractivity contribution in [3.63, 3.8) is 0 Å².